The number of rotatable bonds is 2. The van der Waals surface area contributed by atoms with Crippen molar-refractivity contribution in [2.45, 2.75) is 50.9 Å². The number of ether oxygens (including phenoxy) is 1. The minimum absolute atomic E-state index is 0.106. The molecule has 1 aromatic carbocycles. The predicted octanol–water partition coefficient (Wildman–Crippen LogP) is 3.20. The van der Waals surface area contributed by atoms with Gasteiger partial charge < -0.3 is 9.64 Å². The number of para-hydroxylation sites is 2. The molecule has 5 rings (SSSR count). The van der Waals surface area contributed by atoms with Crippen molar-refractivity contribution in [3.05, 3.63) is 35.7 Å². The number of hydrogen-bond donors (Lipinski definition) is 0. The van der Waals surface area contributed by atoms with Gasteiger partial charge in [0.15, 0.2) is 0 Å². The molecule has 1 saturated heterocycles. The number of nitrogens with zero attached hydrogens (tertiary/aromatic N) is 3. The second-order valence-corrected chi connectivity index (χ2v) is 9.25. The molecule has 2 aromatic rings. The Morgan fingerprint density at radius 1 is 1.07 bits per heavy atom. The number of methoxy groups -OCH3 is 1. The van der Waals surface area contributed by atoms with Crippen molar-refractivity contribution in [2.24, 2.45) is 11.3 Å². The minimum Gasteiger partial charge on any atom is -0.469 e. The quantitative estimate of drug-likeness (QED) is 0.733. The van der Waals surface area contributed by atoms with Crippen molar-refractivity contribution in [3.8, 4) is 0 Å². The summed E-state index contributed by atoms with van der Waals surface area (Å²) >= 11 is 0. The highest BCUT2D eigenvalue weighted by Crippen LogP contribution is 2.67. The molecule has 1 amide bonds. The summed E-state index contributed by atoms with van der Waals surface area (Å²) in [6, 6.07) is 7.91. The van der Waals surface area contributed by atoms with Crippen LogP contribution in [0.15, 0.2) is 24.3 Å². The summed E-state index contributed by atoms with van der Waals surface area (Å²) in [6.07, 6.45) is 3.11. The third-order valence-electron chi connectivity index (χ3n) is 7.79. The molecule has 0 spiro atoms. The van der Waals surface area contributed by atoms with Crippen LogP contribution >= 0.6 is 0 Å². The van der Waals surface area contributed by atoms with Crippen molar-refractivity contribution >= 4 is 22.9 Å². The number of esters is 1. The van der Waals surface area contributed by atoms with E-state index in [1.54, 1.807) is 0 Å². The molecule has 0 N–H and O–H groups in total. The van der Waals surface area contributed by atoms with E-state index in [1.165, 1.54) is 7.11 Å². The van der Waals surface area contributed by atoms with Gasteiger partial charge in [-0.25, -0.2) is 9.97 Å². The van der Waals surface area contributed by atoms with Crippen molar-refractivity contribution in [2.75, 3.05) is 20.2 Å². The van der Waals surface area contributed by atoms with E-state index in [2.05, 4.69) is 13.8 Å². The van der Waals surface area contributed by atoms with Crippen molar-refractivity contribution in [3.63, 3.8) is 0 Å². The zero-order chi connectivity index (χ0) is 20.4. The van der Waals surface area contributed by atoms with E-state index in [9.17, 15) is 9.59 Å². The van der Waals surface area contributed by atoms with Gasteiger partial charge in [-0.15, -0.1) is 0 Å². The number of carbonyl (C=O) groups is 2. The molecule has 6 heteroatoms. The van der Waals surface area contributed by atoms with Crippen LogP contribution in [0.2, 0.25) is 0 Å². The summed E-state index contributed by atoms with van der Waals surface area (Å²) in [5.74, 6) is 0.147. The zero-order valence-corrected chi connectivity index (χ0v) is 17.3. The maximum atomic E-state index is 14.0. The number of piperidine rings is 1. The molecule has 1 aromatic heterocycles. The maximum absolute atomic E-state index is 14.0. The Morgan fingerprint density at radius 3 is 2.38 bits per heavy atom. The van der Waals surface area contributed by atoms with Gasteiger partial charge >= 0.3 is 5.97 Å². The van der Waals surface area contributed by atoms with E-state index in [-0.39, 0.29) is 29.1 Å². The molecule has 2 heterocycles. The average Bonchev–Trinajstić information content (AvgIpc) is 3.12. The fourth-order valence-electron chi connectivity index (χ4n) is 6.05. The first-order valence-electron chi connectivity index (χ1n) is 10.5. The molecule has 1 aliphatic heterocycles. The fraction of sp³-hybridized carbons (Fsp3) is 0.565. The highest BCUT2D eigenvalue weighted by molar-refractivity contribution is 5.92. The third kappa shape index (κ3) is 2.34. The SMILES string of the molecule is COC(=O)C1CCN(C(=O)C23CCC(c4nc5ccccc5nc42)C3(C)C)CC1. The summed E-state index contributed by atoms with van der Waals surface area (Å²) in [5.41, 5.74) is 2.81. The molecule has 152 valence electrons. The Morgan fingerprint density at radius 2 is 1.72 bits per heavy atom. The van der Waals surface area contributed by atoms with E-state index in [4.69, 9.17) is 14.7 Å². The molecule has 2 unspecified atom stereocenters. The van der Waals surface area contributed by atoms with Crippen LogP contribution in [0.5, 0.6) is 0 Å². The fourth-order valence-corrected chi connectivity index (χ4v) is 6.05. The van der Waals surface area contributed by atoms with Crippen LogP contribution in [-0.4, -0.2) is 46.9 Å². The summed E-state index contributed by atoms with van der Waals surface area (Å²) < 4.78 is 4.89. The van der Waals surface area contributed by atoms with Crippen molar-refractivity contribution < 1.29 is 14.3 Å². The Labute approximate surface area is 170 Å². The average molecular weight is 393 g/mol. The van der Waals surface area contributed by atoms with Gasteiger partial charge in [-0.3, -0.25) is 9.59 Å². The molecule has 6 nitrogen and oxygen atoms in total. The van der Waals surface area contributed by atoms with Gasteiger partial charge in [-0.05, 0) is 43.2 Å². The summed E-state index contributed by atoms with van der Waals surface area (Å²) in [6.45, 7) is 5.60. The molecular formula is C23H27N3O3. The summed E-state index contributed by atoms with van der Waals surface area (Å²) in [7, 11) is 1.43. The van der Waals surface area contributed by atoms with Gasteiger partial charge in [0.2, 0.25) is 5.91 Å². The first-order chi connectivity index (χ1) is 13.9. The minimum atomic E-state index is -0.623. The lowest BCUT2D eigenvalue weighted by Crippen LogP contribution is -2.53. The van der Waals surface area contributed by atoms with E-state index in [0.29, 0.717) is 25.9 Å². The first-order valence-corrected chi connectivity index (χ1v) is 10.5. The largest absolute Gasteiger partial charge is 0.469 e. The van der Waals surface area contributed by atoms with E-state index >= 15 is 0 Å². The molecule has 0 radical (unpaired) electrons. The van der Waals surface area contributed by atoms with Gasteiger partial charge in [-0.2, -0.15) is 0 Å². The Hall–Kier alpha value is -2.50. The van der Waals surface area contributed by atoms with E-state index in [0.717, 1.165) is 35.3 Å². The number of aromatic nitrogens is 2. The van der Waals surface area contributed by atoms with Crippen molar-refractivity contribution in [1.29, 1.82) is 0 Å². The molecule has 2 bridgehead atoms. The van der Waals surface area contributed by atoms with Gasteiger partial charge in [0.25, 0.3) is 0 Å². The zero-order valence-electron chi connectivity index (χ0n) is 17.3. The van der Waals surface area contributed by atoms with Gasteiger partial charge in [0, 0.05) is 19.0 Å². The first kappa shape index (κ1) is 18.5. The molecule has 3 aliphatic rings. The van der Waals surface area contributed by atoms with Gasteiger partial charge in [0.05, 0.1) is 40.9 Å². The second-order valence-electron chi connectivity index (χ2n) is 9.25. The topological polar surface area (TPSA) is 72.4 Å². The molecule has 2 fully saturated rings. The van der Waals surface area contributed by atoms with E-state index < -0.39 is 5.41 Å². The molecule has 2 aliphatic carbocycles. The second kappa shape index (κ2) is 6.25. The smallest absolute Gasteiger partial charge is 0.308 e. The lowest BCUT2D eigenvalue weighted by atomic mass is 9.67. The van der Waals surface area contributed by atoms with Gasteiger partial charge in [0.1, 0.15) is 0 Å². The van der Waals surface area contributed by atoms with Crippen LogP contribution in [-0.2, 0) is 19.7 Å². The molecule has 2 atom stereocenters. The van der Waals surface area contributed by atoms with E-state index in [1.807, 2.05) is 29.2 Å². The van der Waals surface area contributed by atoms with Crippen LogP contribution in [0.4, 0.5) is 0 Å². The van der Waals surface area contributed by atoms with Crippen LogP contribution in [0.1, 0.15) is 56.8 Å². The highest BCUT2D eigenvalue weighted by Gasteiger charge is 2.68. The number of carbonyl (C=O) groups excluding carboxylic acids is 2. The molecule has 1 saturated carbocycles. The lowest BCUT2D eigenvalue weighted by molar-refractivity contribution is -0.151. The third-order valence-corrected chi connectivity index (χ3v) is 7.79. The number of hydrogen-bond acceptors (Lipinski definition) is 5. The maximum Gasteiger partial charge on any atom is 0.308 e. The summed E-state index contributed by atoms with van der Waals surface area (Å²) in [5, 5.41) is 0. The number of likely N-dealkylation sites (tertiary alicyclic amines) is 1. The number of amides is 1. The van der Waals surface area contributed by atoms with Gasteiger partial charge in [-0.1, -0.05) is 26.0 Å². The molecular weight excluding hydrogens is 366 g/mol. The van der Waals surface area contributed by atoms with Crippen LogP contribution in [0, 0.1) is 11.3 Å². The van der Waals surface area contributed by atoms with Crippen molar-refractivity contribution in [1.82, 2.24) is 14.9 Å². The Balaban J connectivity index is 1.54. The standard InChI is InChI=1S/C23H27N3O3/c1-22(2)15-8-11-23(22,19-18(15)24-16-6-4-5-7-17(16)25-19)21(28)26-12-9-14(10-13-26)20(27)29-3/h4-7,14-15H,8-13H2,1-3H3. The number of fused-ring (bicyclic) bond motifs is 6. The normalized spacial score (nSPS) is 27.8. The molecule has 29 heavy (non-hydrogen) atoms. The van der Waals surface area contributed by atoms with Crippen LogP contribution in [0.25, 0.3) is 11.0 Å². The predicted molar refractivity (Wildman–Crippen MR) is 108 cm³/mol. The van der Waals surface area contributed by atoms with Crippen LogP contribution < -0.4 is 0 Å². The Bertz CT molecular complexity index is 1010. The highest BCUT2D eigenvalue weighted by atomic mass is 16.5. The Kier molecular flexibility index (Phi) is 3.99. The lowest BCUT2D eigenvalue weighted by Gasteiger charge is -2.42. The number of benzene rings is 1. The monoisotopic (exact) mass is 393 g/mol. The van der Waals surface area contributed by atoms with Crippen LogP contribution in [0.3, 0.4) is 0 Å². The summed E-state index contributed by atoms with van der Waals surface area (Å²) in [4.78, 5) is 37.8.